The molecule has 1 atom stereocenters. The van der Waals surface area contributed by atoms with Crippen LogP contribution in [0.5, 0.6) is 0 Å². The number of carbonyl (C=O) groups excluding carboxylic acids is 2. The van der Waals surface area contributed by atoms with Crippen LogP contribution in [0, 0.1) is 0 Å². The Morgan fingerprint density at radius 3 is 2.84 bits per heavy atom. The van der Waals surface area contributed by atoms with E-state index in [-0.39, 0.29) is 18.0 Å². The van der Waals surface area contributed by atoms with Gasteiger partial charge in [0, 0.05) is 25.2 Å². The quantitative estimate of drug-likeness (QED) is 0.827. The van der Waals surface area contributed by atoms with Crippen LogP contribution in [0.25, 0.3) is 0 Å². The number of hydrogen-bond acceptors (Lipinski definition) is 5. The molecule has 0 aromatic carbocycles. The zero-order valence-corrected chi connectivity index (χ0v) is 15.3. The Hall–Kier alpha value is -2.18. The van der Waals surface area contributed by atoms with Crippen molar-refractivity contribution >= 4 is 12.0 Å². The molecule has 1 N–H and O–H groups in total. The zero-order valence-electron chi connectivity index (χ0n) is 15.3. The largest absolute Gasteiger partial charge is 0.460 e. The highest BCUT2D eigenvalue weighted by Gasteiger charge is 2.27. The van der Waals surface area contributed by atoms with E-state index in [2.05, 4.69) is 15.3 Å². The van der Waals surface area contributed by atoms with Crippen LogP contribution in [-0.4, -0.2) is 45.1 Å². The standard InChI is InChI=1S/C18H28N4O3/c1-18(2,3)25-16(23)8-7-15-6-4-5-11-22(15)17(24)20-12-14-9-10-19-13-21-14/h9-10,13,15H,4-8,11-12H2,1-3H3,(H,20,24). The highest BCUT2D eigenvalue weighted by Crippen LogP contribution is 2.22. The molecule has 25 heavy (non-hydrogen) atoms. The van der Waals surface area contributed by atoms with Gasteiger partial charge in [-0.3, -0.25) is 4.79 Å². The first-order chi connectivity index (χ1) is 11.8. The van der Waals surface area contributed by atoms with Crippen LogP contribution >= 0.6 is 0 Å². The maximum Gasteiger partial charge on any atom is 0.317 e. The molecule has 7 heteroatoms. The lowest BCUT2D eigenvalue weighted by atomic mass is 9.98. The summed E-state index contributed by atoms with van der Waals surface area (Å²) in [5, 5.41) is 2.91. The molecule has 0 aliphatic carbocycles. The minimum Gasteiger partial charge on any atom is -0.460 e. The number of aromatic nitrogens is 2. The summed E-state index contributed by atoms with van der Waals surface area (Å²) in [5.74, 6) is -0.209. The van der Waals surface area contributed by atoms with Crippen molar-refractivity contribution in [2.24, 2.45) is 0 Å². The molecule has 0 radical (unpaired) electrons. The predicted molar refractivity (Wildman–Crippen MR) is 93.7 cm³/mol. The minimum absolute atomic E-state index is 0.0756. The second-order valence-electron chi connectivity index (χ2n) is 7.33. The van der Waals surface area contributed by atoms with Gasteiger partial charge in [0.05, 0.1) is 12.2 Å². The molecule has 138 valence electrons. The van der Waals surface area contributed by atoms with Crippen LogP contribution in [0.4, 0.5) is 4.79 Å². The molecule has 2 amide bonds. The molecule has 2 heterocycles. The number of hydrogen-bond donors (Lipinski definition) is 1. The summed E-state index contributed by atoms with van der Waals surface area (Å²) in [5.41, 5.74) is 0.295. The van der Waals surface area contributed by atoms with Gasteiger partial charge >= 0.3 is 12.0 Å². The van der Waals surface area contributed by atoms with E-state index in [1.165, 1.54) is 6.33 Å². The molecule has 1 saturated heterocycles. The lowest BCUT2D eigenvalue weighted by molar-refractivity contribution is -0.155. The monoisotopic (exact) mass is 348 g/mol. The summed E-state index contributed by atoms with van der Waals surface area (Å²) in [6.45, 7) is 6.67. The lowest BCUT2D eigenvalue weighted by Crippen LogP contribution is -2.48. The average Bonchev–Trinajstić information content (AvgIpc) is 2.57. The summed E-state index contributed by atoms with van der Waals surface area (Å²) in [6.07, 6.45) is 7.07. The van der Waals surface area contributed by atoms with Gasteiger partial charge in [-0.1, -0.05) is 0 Å². The topological polar surface area (TPSA) is 84.4 Å². The molecule has 7 nitrogen and oxygen atoms in total. The van der Waals surface area contributed by atoms with Gasteiger partial charge in [0.1, 0.15) is 11.9 Å². The fraction of sp³-hybridized carbons (Fsp3) is 0.667. The molecule has 1 aromatic heterocycles. The Kier molecular flexibility index (Phi) is 6.73. The van der Waals surface area contributed by atoms with Gasteiger partial charge in [0.2, 0.25) is 0 Å². The Morgan fingerprint density at radius 2 is 2.16 bits per heavy atom. The zero-order chi connectivity index (χ0) is 18.3. The smallest absolute Gasteiger partial charge is 0.317 e. The van der Waals surface area contributed by atoms with Gasteiger partial charge in [0.25, 0.3) is 0 Å². The van der Waals surface area contributed by atoms with Crippen LogP contribution in [0.15, 0.2) is 18.6 Å². The third kappa shape index (κ3) is 6.68. The van der Waals surface area contributed by atoms with E-state index in [1.54, 1.807) is 12.3 Å². The second-order valence-corrected chi connectivity index (χ2v) is 7.33. The molecule has 1 unspecified atom stereocenters. The van der Waals surface area contributed by atoms with E-state index in [0.29, 0.717) is 25.9 Å². The van der Waals surface area contributed by atoms with Crippen molar-refractivity contribution in [2.75, 3.05) is 6.54 Å². The first kappa shape index (κ1) is 19.1. The highest BCUT2D eigenvalue weighted by molar-refractivity contribution is 5.75. The number of ether oxygens (including phenoxy) is 1. The van der Waals surface area contributed by atoms with Crippen LogP contribution in [0.3, 0.4) is 0 Å². The fourth-order valence-electron chi connectivity index (χ4n) is 2.94. The number of piperidine rings is 1. The normalized spacial score (nSPS) is 17.9. The van der Waals surface area contributed by atoms with Crippen molar-refractivity contribution in [1.82, 2.24) is 20.2 Å². The van der Waals surface area contributed by atoms with E-state index in [0.717, 1.165) is 25.0 Å². The summed E-state index contributed by atoms with van der Waals surface area (Å²) in [7, 11) is 0. The van der Waals surface area contributed by atoms with Gasteiger partial charge < -0.3 is 15.0 Å². The van der Waals surface area contributed by atoms with E-state index < -0.39 is 5.60 Å². The van der Waals surface area contributed by atoms with Crippen molar-refractivity contribution in [2.45, 2.75) is 71.1 Å². The molecular formula is C18H28N4O3. The number of esters is 1. The maximum absolute atomic E-state index is 12.5. The SMILES string of the molecule is CC(C)(C)OC(=O)CCC1CCCCN1C(=O)NCc1ccncn1. The Balaban J connectivity index is 1.84. The van der Waals surface area contributed by atoms with Crippen molar-refractivity contribution in [3.05, 3.63) is 24.3 Å². The van der Waals surface area contributed by atoms with Gasteiger partial charge in [-0.05, 0) is 52.5 Å². The van der Waals surface area contributed by atoms with Gasteiger partial charge in [-0.15, -0.1) is 0 Å². The third-order valence-corrected chi connectivity index (χ3v) is 4.05. The van der Waals surface area contributed by atoms with Crippen LogP contribution < -0.4 is 5.32 Å². The molecule has 1 fully saturated rings. The van der Waals surface area contributed by atoms with Crippen LogP contribution in [0.1, 0.15) is 58.6 Å². The van der Waals surface area contributed by atoms with Crippen molar-refractivity contribution in [1.29, 1.82) is 0 Å². The Morgan fingerprint density at radius 1 is 1.36 bits per heavy atom. The van der Waals surface area contributed by atoms with E-state index in [9.17, 15) is 9.59 Å². The first-order valence-corrected chi connectivity index (χ1v) is 8.86. The number of likely N-dealkylation sites (tertiary alicyclic amines) is 1. The van der Waals surface area contributed by atoms with Gasteiger partial charge in [0.15, 0.2) is 0 Å². The lowest BCUT2D eigenvalue weighted by Gasteiger charge is -2.35. The fourth-order valence-corrected chi connectivity index (χ4v) is 2.94. The molecule has 1 aliphatic heterocycles. The van der Waals surface area contributed by atoms with E-state index in [4.69, 9.17) is 4.74 Å². The number of nitrogens with zero attached hydrogens (tertiary/aromatic N) is 3. The second kappa shape index (κ2) is 8.78. The molecule has 1 aromatic rings. The Labute approximate surface area is 149 Å². The summed E-state index contributed by atoms with van der Waals surface area (Å²) < 4.78 is 5.36. The Bertz CT molecular complexity index is 571. The van der Waals surface area contributed by atoms with E-state index in [1.807, 2.05) is 25.7 Å². The summed E-state index contributed by atoms with van der Waals surface area (Å²) >= 11 is 0. The highest BCUT2D eigenvalue weighted by atomic mass is 16.6. The van der Waals surface area contributed by atoms with Crippen LogP contribution in [-0.2, 0) is 16.1 Å². The molecule has 2 rings (SSSR count). The van der Waals surface area contributed by atoms with Crippen molar-refractivity contribution in [3.8, 4) is 0 Å². The van der Waals surface area contributed by atoms with Crippen molar-refractivity contribution in [3.63, 3.8) is 0 Å². The number of urea groups is 1. The van der Waals surface area contributed by atoms with E-state index >= 15 is 0 Å². The molecular weight excluding hydrogens is 320 g/mol. The number of nitrogens with one attached hydrogen (secondary N) is 1. The molecule has 1 aliphatic rings. The number of rotatable bonds is 5. The molecule has 0 bridgehead atoms. The summed E-state index contributed by atoms with van der Waals surface area (Å²) in [4.78, 5) is 34.3. The van der Waals surface area contributed by atoms with Gasteiger partial charge in [-0.2, -0.15) is 0 Å². The average molecular weight is 348 g/mol. The van der Waals surface area contributed by atoms with Crippen LogP contribution in [0.2, 0.25) is 0 Å². The molecule has 0 saturated carbocycles. The summed E-state index contributed by atoms with van der Waals surface area (Å²) in [6, 6.07) is 1.75. The van der Waals surface area contributed by atoms with Gasteiger partial charge in [-0.25, -0.2) is 14.8 Å². The number of amides is 2. The minimum atomic E-state index is -0.474. The van der Waals surface area contributed by atoms with Crippen molar-refractivity contribution < 1.29 is 14.3 Å². The molecule has 0 spiro atoms. The maximum atomic E-state index is 12.5. The third-order valence-electron chi connectivity index (χ3n) is 4.05. The number of carbonyl (C=O) groups is 2. The predicted octanol–water partition coefficient (Wildman–Crippen LogP) is 2.66. The first-order valence-electron chi connectivity index (χ1n) is 8.86.